The maximum absolute atomic E-state index is 12.3. The van der Waals surface area contributed by atoms with E-state index in [-0.39, 0.29) is 5.91 Å². The number of amides is 1. The number of ether oxygens (including phenoxy) is 1. The summed E-state index contributed by atoms with van der Waals surface area (Å²) in [5, 5.41) is 3.47. The second kappa shape index (κ2) is 10.8. The van der Waals surface area contributed by atoms with Crippen LogP contribution in [0.5, 0.6) is 5.75 Å². The fourth-order valence-corrected chi connectivity index (χ4v) is 6.67. The number of benzene rings is 1. The summed E-state index contributed by atoms with van der Waals surface area (Å²) in [6.45, 7) is 2.37. The smallest absolute Gasteiger partial charge is 0.224 e. The Labute approximate surface area is 176 Å². The molecule has 1 atom stereocenters. The number of methoxy groups -OCH3 is 1. The number of thioether (sulfide) groups is 2. The molecule has 0 saturated carbocycles. The van der Waals surface area contributed by atoms with Crippen molar-refractivity contribution in [1.82, 2.24) is 4.90 Å². The molecule has 0 bridgehead atoms. The highest BCUT2D eigenvalue weighted by Gasteiger charge is 2.27. The van der Waals surface area contributed by atoms with Gasteiger partial charge in [-0.3, -0.25) is 9.69 Å². The average Bonchev–Trinajstić information content (AvgIpc) is 2.96. The first-order valence-electron chi connectivity index (χ1n) is 9.68. The molecule has 150 valence electrons. The van der Waals surface area contributed by atoms with Crippen LogP contribution >= 0.6 is 35.1 Å². The van der Waals surface area contributed by atoms with Gasteiger partial charge in [0.05, 0.1) is 12.1 Å². The lowest BCUT2D eigenvalue weighted by molar-refractivity contribution is -0.116. The first-order chi connectivity index (χ1) is 13.2. The van der Waals surface area contributed by atoms with Crippen molar-refractivity contribution in [1.29, 1.82) is 0 Å². The fourth-order valence-electron chi connectivity index (χ4n) is 3.78. The van der Waals surface area contributed by atoms with Gasteiger partial charge in [0.15, 0.2) is 0 Å². The molecule has 0 radical (unpaired) electrons. The van der Waals surface area contributed by atoms with Crippen LogP contribution in [-0.2, 0) is 4.79 Å². The topological polar surface area (TPSA) is 41.6 Å². The van der Waals surface area contributed by atoms with Gasteiger partial charge in [0, 0.05) is 47.7 Å². The number of hydrogen-bond acceptors (Lipinski definition) is 5. The van der Waals surface area contributed by atoms with Crippen LogP contribution in [0.3, 0.4) is 0 Å². The summed E-state index contributed by atoms with van der Waals surface area (Å²) in [7, 11) is 1.58. The van der Waals surface area contributed by atoms with Crippen LogP contribution in [0.2, 0.25) is 5.02 Å². The van der Waals surface area contributed by atoms with E-state index in [2.05, 4.69) is 33.7 Å². The average molecular weight is 429 g/mol. The normalized spacial score (nSPS) is 22.2. The van der Waals surface area contributed by atoms with Crippen molar-refractivity contribution in [2.75, 3.05) is 48.5 Å². The van der Waals surface area contributed by atoms with E-state index in [0.29, 0.717) is 29.2 Å². The highest BCUT2D eigenvalue weighted by molar-refractivity contribution is 8.03. The van der Waals surface area contributed by atoms with E-state index < -0.39 is 0 Å². The Morgan fingerprint density at radius 2 is 2.11 bits per heavy atom. The minimum atomic E-state index is 0.0638. The fraction of sp³-hybridized carbons (Fsp3) is 0.650. The molecule has 0 aliphatic carbocycles. The number of carbonyl (C=O) groups is 1. The summed E-state index contributed by atoms with van der Waals surface area (Å²) in [4.78, 5) is 15.0. The largest absolute Gasteiger partial charge is 0.495 e. The third-order valence-electron chi connectivity index (χ3n) is 5.27. The van der Waals surface area contributed by atoms with Gasteiger partial charge in [-0.1, -0.05) is 11.6 Å². The van der Waals surface area contributed by atoms with Crippen molar-refractivity contribution in [3.05, 3.63) is 23.2 Å². The molecule has 4 nitrogen and oxygen atoms in total. The molecule has 1 aromatic rings. The third-order valence-corrected chi connectivity index (χ3v) is 8.05. The minimum absolute atomic E-state index is 0.0638. The first-order valence-corrected chi connectivity index (χ1v) is 12.4. The summed E-state index contributed by atoms with van der Waals surface area (Å²) in [5.41, 5.74) is 0.726. The van der Waals surface area contributed by atoms with Gasteiger partial charge in [-0.25, -0.2) is 0 Å². The zero-order chi connectivity index (χ0) is 19.1. The Kier molecular flexibility index (Phi) is 8.49. The van der Waals surface area contributed by atoms with Crippen LogP contribution in [0.1, 0.15) is 25.7 Å². The number of carbonyl (C=O) groups excluding carboxylic acids is 1. The molecular formula is C20H29ClN2O2S2. The molecule has 27 heavy (non-hydrogen) atoms. The van der Waals surface area contributed by atoms with Crippen LogP contribution in [0.15, 0.2) is 18.2 Å². The molecule has 7 heteroatoms. The summed E-state index contributed by atoms with van der Waals surface area (Å²) >= 11 is 10.3. The van der Waals surface area contributed by atoms with E-state index in [1.54, 1.807) is 19.2 Å². The monoisotopic (exact) mass is 428 g/mol. The van der Waals surface area contributed by atoms with Crippen molar-refractivity contribution in [2.45, 2.75) is 31.7 Å². The second-order valence-electron chi connectivity index (χ2n) is 7.24. The zero-order valence-electron chi connectivity index (χ0n) is 15.9. The summed E-state index contributed by atoms with van der Waals surface area (Å²) < 4.78 is 5.15. The van der Waals surface area contributed by atoms with Gasteiger partial charge in [0.1, 0.15) is 5.75 Å². The number of anilines is 1. The second-order valence-corrected chi connectivity index (χ2v) is 9.95. The van der Waals surface area contributed by atoms with Crippen LogP contribution < -0.4 is 10.1 Å². The van der Waals surface area contributed by atoms with Gasteiger partial charge in [-0.15, -0.1) is 0 Å². The standard InChI is InChI=1S/C20H29ClN2O2S2/c1-25-19-6-5-16(11-18(19)21)22-20(24)7-4-15-3-2-8-23(12-15)17-13-26-9-10-27-14-17/h5-6,11,15,17H,2-4,7-10,12-14H2,1H3,(H,22,24)/t15-/m0/s1. The minimum Gasteiger partial charge on any atom is -0.495 e. The van der Waals surface area contributed by atoms with Crippen molar-refractivity contribution in [3.8, 4) is 5.75 Å². The predicted molar refractivity (Wildman–Crippen MR) is 119 cm³/mol. The lowest BCUT2D eigenvalue weighted by Gasteiger charge is -2.37. The highest BCUT2D eigenvalue weighted by Crippen LogP contribution is 2.29. The first kappa shape index (κ1) is 21.2. The quantitative estimate of drug-likeness (QED) is 0.715. The molecule has 2 aliphatic rings. The Hall–Kier alpha value is -0.560. The summed E-state index contributed by atoms with van der Waals surface area (Å²) in [6.07, 6.45) is 4.02. The maximum atomic E-state index is 12.3. The maximum Gasteiger partial charge on any atom is 0.224 e. The number of nitrogens with one attached hydrogen (secondary N) is 1. The number of hydrogen-bond donors (Lipinski definition) is 1. The summed E-state index contributed by atoms with van der Waals surface area (Å²) in [5.74, 6) is 6.40. The molecule has 1 amide bonds. The molecule has 1 aromatic carbocycles. The van der Waals surface area contributed by atoms with Gasteiger partial charge in [0.25, 0.3) is 0 Å². The molecule has 2 saturated heterocycles. The number of nitrogens with zero attached hydrogens (tertiary/aromatic N) is 1. The van der Waals surface area contributed by atoms with E-state index >= 15 is 0 Å². The Balaban J connectivity index is 1.44. The molecule has 1 N–H and O–H groups in total. The molecule has 0 unspecified atom stereocenters. The van der Waals surface area contributed by atoms with Crippen molar-refractivity contribution in [3.63, 3.8) is 0 Å². The zero-order valence-corrected chi connectivity index (χ0v) is 18.3. The molecular weight excluding hydrogens is 400 g/mol. The van der Waals surface area contributed by atoms with E-state index in [4.69, 9.17) is 16.3 Å². The van der Waals surface area contributed by atoms with Gasteiger partial charge >= 0.3 is 0 Å². The molecule has 2 aliphatic heterocycles. The number of likely N-dealkylation sites (tertiary alicyclic amines) is 1. The Morgan fingerprint density at radius 3 is 2.81 bits per heavy atom. The SMILES string of the molecule is COc1ccc(NC(=O)CC[C@@H]2CCCN(C3CSCCSC3)C2)cc1Cl. The molecule has 3 rings (SSSR count). The van der Waals surface area contributed by atoms with Crippen LogP contribution in [0.25, 0.3) is 0 Å². The Bertz CT molecular complexity index is 624. The van der Waals surface area contributed by atoms with Gasteiger partial charge < -0.3 is 10.1 Å². The summed E-state index contributed by atoms with van der Waals surface area (Å²) in [6, 6.07) is 6.05. The van der Waals surface area contributed by atoms with Gasteiger partial charge in [-0.2, -0.15) is 23.5 Å². The van der Waals surface area contributed by atoms with Crippen LogP contribution in [0.4, 0.5) is 5.69 Å². The van der Waals surface area contributed by atoms with E-state index in [0.717, 1.165) is 18.7 Å². The van der Waals surface area contributed by atoms with Gasteiger partial charge in [0.2, 0.25) is 5.91 Å². The van der Waals surface area contributed by atoms with Crippen molar-refractivity contribution < 1.29 is 9.53 Å². The molecule has 2 fully saturated rings. The van der Waals surface area contributed by atoms with E-state index in [1.165, 1.54) is 42.4 Å². The third kappa shape index (κ3) is 6.48. The molecule has 2 heterocycles. The Morgan fingerprint density at radius 1 is 1.33 bits per heavy atom. The van der Waals surface area contributed by atoms with Crippen LogP contribution in [-0.4, -0.2) is 60.1 Å². The lowest BCUT2D eigenvalue weighted by atomic mass is 9.92. The number of piperidine rings is 1. The number of halogens is 1. The van der Waals surface area contributed by atoms with Crippen molar-refractivity contribution >= 4 is 46.7 Å². The lowest BCUT2D eigenvalue weighted by Crippen LogP contribution is -2.45. The van der Waals surface area contributed by atoms with Gasteiger partial charge in [-0.05, 0) is 49.9 Å². The van der Waals surface area contributed by atoms with E-state index in [9.17, 15) is 4.79 Å². The molecule has 0 aromatic heterocycles. The van der Waals surface area contributed by atoms with Crippen molar-refractivity contribution in [2.24, 2.45) is 5.92 Å². The number of rotatable bonds is 6. The van der Waals surface area contributed by atoms with E-state index in [1.807, 2.05) is 6.07 Å². The molecule has 0 spiro atoms. The highest BCUT2D eigenvalue weighted by atomic mass is 35.5. The predicted octanol–water partition coefficient (Wildman–Crippen LogP) is 4.63. The van der Waals surface area contributed by atoms with Crippen LogP contribution in [0, 0.1) is 5.92 Å².